The first-order valence-corrected chi connectivity index (χ1v) is 5.14. The molecule has 6 heteroatoms. The van der Waals surface area contributed by atoms with Crippen molar-refractivity contribution in [3.63, 3.8) is 0 Å². The SMILES string of the molecule is C#CC1(NC(=O)Cc2cc(=O)[nH]c(=O)[nH]2)CC1. The van der Waals surface area contributed by atoms with Crippen LogP contribution in [-0.4, -0.2) is 21.4 Å². The van der Waals surface area contributed by atoms with Gasteiger partial charge in [0.25, 0.3) is 5.56 Å². The highest BCUT2D eigenvalue weighted by Gasteiger charge is 2.42. The molecule has 1 aromatic heterocycles. The predicted octanol–water partition coefficient (Wildman–Crippen LogP) is -1.11. The first-order valence-electron chi connectivity index (χ1n) is 5.14. The second-order valence-electron chi connectivity index (χ2n) is 4.06. The predicted molar refractivity (Wildman–Crippen MR) is 60.3 cm³/mol. The molecular weight excluding hydrogens is 222 g/mol. The van der Waals surface area contributed by atoms with E-state index in [2.05, 4.69) is 16.2 Å². The second-order valence-corrected chi connectivity index (χ2v) is 4.06. The van der Waals surface area contributed by atoms with Crippen molar-refractivity contribution in [2.24, 2.45) is 0 Å². The molecule has 1 aliphatic rings. The van der Waals surface area contributed by atoms with Crippen LogP contribution in [0.5, 0.6) is 0 Å². The molecule has 1 aliphatic carbocycles. The molecule has 1 fully saturated rings. The van der Waals surface area contributed by atoms with Crippen LogP contribution in [0, 0.1) is 12.3 Å². The third-order valence-corrected chi connectivity index (χ3v) is 2.57. The fourth-order valence-corrected chi connectivity index (χ4v) is 1.53. The van der Waals surface area contributed by atoms with Crippen molar-refractivity contribution in [3.8, 4) is 12.3 Å². The lowest BCUT2D eigenvalue weighted by Crippen LogP contribution is -2.37. The Morgan fingerprint density at radius 3 is 2.71 bits per heavy atom. The Kier molecular flexibility index (Phi) is 2.60. The summed E-state index contributed by atoms with van der Waals surface area (Å²) < 4.78 is 0. The van der Waals surface area contributed by atoms with Crippen molar-refractivity contribution in [2.75, 3.05) is 0 Å². The van der Waals surface area contributed by atoms with Gasteiger partial charge in [-0.2, -0.15) is 0 Å². The van der Waals surface area contributed by atoms with Crippen molar-refractivity contribution in [1.29, 1.82) is 0 Å². The highest BCUT2D eigenvalue weighted by Crippen LogP contribution is 2.34. The van der Waals surface area contributed by atoms with Crippen molar-refractivity contribution in [2.45, 2.75) is 24.8 Å². The lowest BCUT2D eigenvalue weighted by Gasteiger charge is -2.10. The average Bonchev–Trinajstić information content (AvgIpc) is 2.96. The van der Waals surface area contributed by atoms with Gasteiger partial charge in [-0.05, 0) is 12.8 Å². The lowest BCUT2D eigenvalue weighted by molar-refractivity contribution is -0.121. The molecule has 0 saturated heterocycles. The van der Waals surface area contributed by atoms with Gasteiger partial charge in [-0.15, -0.1) is 6.42 Å². The molecule has 1 saturated carbocycles. The van der Waals surface area contributed by atoms with Gasteiger partial charge in [0.05, 0.1) is 6.42 Å². The molecule has 3 N–H and O–H groups in total. The van der Waals surface area contributed by atoms with Crippen LogP contribution in [0.4, 0.5) is 0 Å². The second kappa shape index (κ2) is 3.94. The van der Waals surface area contributed by atoms with E-state index < -0.39 is 16.8 Å². The fourth-order valence-electron chi connectivity index (χ4n) is 1.53. The highest BCUT2D eigenvalue weighted by atomic mass is 16.2. The zero-order chi connectivity index (χ0) is 12.5. The lowest BCUT2D eigenvalue weighted by atomic mass is 10.2. The van der Waals surface area contributed by atoms with E-state index in [0.29, 0.717) is 0 Å². The molecular formula is C11H11N3O3. The largest absolute Gasteiger partial charge is 0.339 e. The molecule has 17 heavy (non-hydrogen) atoms. The Balaban J connectivity index is 2.06. The maximum Gasteiger partial charge on any atom is 0.325 e. The molecule has 2 rings (SSSR count). The van der Waals surface area contributed by atoms with Crippen molar-refractivity contribution >= 4 is 5.91 Å². The Morgan fingerprint density at radius 1 is 1.47 bits per heavy atom. The average molecular weight is 233 g/mol. The maximum absolute atomic E-state index is 11.6. The van der Waals surface area contributed by atoms with E-state index in [1.165, 1.54) is 6.07 Å². The third-order valence-electron chi connectivity index (χ3n) is 2.57. The molecule has 1 heterocycles. The third kappa shape index (κ3) is 2.64. The fraction of sp³-hybridized carbons (Fsp3) is 0.364. The van der Waals surface area contributed by atoms with E-state index in [9.17, 15) is 14.4 Å². The molecule has 0 aliphatic heterocycles. The minimum atomic E-state index is -0.626. The van der Waals surface area contributed by atoms with Gasteiger partial charge in [0, 0.05) is 11.8 Å². The number of amides is 1. The Bertz CT molecular complexity index is 573. The monoisotopic (exact) mass is 233 g/mol. The number of carbonyl (C=O) groups excluding carboxylic acids is 1. The van der Waals surface area contributed by atoms with Gasteiger partial charge in [0.15, 0.2) is 0 Å². The summed E-state index contributed by atoms with van der Waals surface area (Å²) in [4.78, 5) is 38.0. The standard InChI is InChI=1S/C11H11N3O3/c1-2-11(3-4-11)14-9(16)6-7-5-8(15)13-10(17)12-7/h1,5H,3-4,6H2,(H,14,16)(H2,12,13,15,17). The van der Waals surface area contributed by atoms with E-state index in [1.54, 1.807) is 0 Å². The van der Waals surface area contributed by atoms with Crippen LogP contribution in [0.3, 0.4) is 0 Å². The van der Waals surface area contributed by atoms with Gasteiger partial charge in [0.1, 0.15) is 5.54 Å². The minimum Gasteiger partial charge on any atom is -0.339 e. The van der Waals surface area contributed by atoms with Crippen LogP contribution in [0.2, 0.25) is 0 Å². The number of terminal acetylenes is 1. The van der Waals surface area contributed by atoms with Crippen LogP contribution in [0.15, 0.2) is 15.7 Å². The summed E-state index contributed by atoms with van der Waals surface area (Å²) in [6.45, 7) is 0. The summed E-state index contributed by atoms with van der Waals surface area (Å²) in [5.41, 5.74) is -1.41. The highest BCUT2D eigenvalue weighted by molar-refractivity contribution is 5.80. The molecule has 88 valence electrons. The molecule has 6 nitrogen and oxygen atoms in total. The maximum atomic E-state index is 11.6. The summed E-state index contributed by atoms with van der Waals surface area (Å²) in [5.74, 6) is 2.22. The van der Waals surface area contributed by atoms with Crippen molar-refractivity contribution < 1.29 is 4.79 Å². The number of H-pyrrole nitrogens is 2. The Hall–Kier alpha value is -2.29. The van der Waals surface area contributed by atoms with E-state index >= 15 is 0 Å². The molecule has 0 spiro atoms. The van der Waals surface area contributed by atoms with Crippen LogP contribution in [-0.2, 0) is 11.2 Å². The number of aromatic nitrogens is 2. The molecule has 0 bridgehead atoms. The molecule has 1 amide bonds. The van der Waals surface area contributed by atoms with Crippen LogP contribution in [0.1, 0.15) is 18.5 Å². The minimum absolute atomic E-state index is 0.0669. The van der Waals surface area contributed by atoms with E-state index in [0.717, 1.165) is 12.8 Å². The van der Waals surface area contributed by atoms with Gasteiger partial charge in [0.2, 0.25) is 5.91 Å². The number of hydrogen-bond acceptors (Lipinski definition) is 3. The number of hydrogen-bond donors (Lipinski definition) is 3. The number of nitrogens with one attached hydrogen (secondary N) is 3. The summed E-state index contributed by atoms with van der Waals surface area (Å²) in [6.07, 6.45) is 6.74. The van der Waals surface area contributed by atoms with Crippen LogP contribution < -0.4 is 16.6 Å². The number of aromatic amines is 2. The van der Waals surface area contributed by atoms with E-state index in [-0.39, 0.29) is 18.0 Å². The van der Waals surface area contributed by atoms with Crippen LogP contribution >= 0.6 is 0 Å². The summed E-state index contributed by atoms with van der Waals surface area (Å²) in [5, 5.41) is 2.70. The zero-order valence-corrected chi connectivity index (χ0v) is 9.00. The molecule has 0 atom stereocenters. The van der Waals surface area contributed by atoms with E-state index in [1.807, 2.05) is 4.98 Å². The van der Waals surface area contributed by atoms with Gasteiger partial charge < -0.3 is 10.3 Å². The van der Waals surface area contributed by atoms with Gasteiger partial charge in [-0.1, -0.05) is 5.92 Å². The number of rotatable bonds is 3. The molecule has 0 aromatic carbocycles. The van der Waals surface area contributed by atoms with E-state index in [4.69, 9.17) is 6.42 Å². The Labute approximate surface area is 96.5 Å². The van der Waals surface area contributed by atoms with Gasteiger partial charge in [-0.25, -0.2) is 4.79 Å². The smallest absolute Gasteiger partial charge is 0.325 e. The van der Waals surface area contributed by atoms with Crippen molar-refractivity contribution in [3.05, 3.63) is 32.6 Å². The molecule has 0 radical (unpaired) electrons. The normalized spacial score (nSPS) is 15.9. The Morgan fingerprint density at radius 2 is 2.18 bits per heavy atom. The van der Waals surface area contributed by atoms with Gasteiger partial charge >= 0.3 is 5.69 Å². The summed E-state index contributed by atoms with van der Waals surface area (Å²) in [7, 11) is 0. The first kappa shape index (κ1) is 11.2. The topological polar surface area (TPSA) is 94.8 Å². The van der Waals surface area contributed by atoms with Crippen molar-refractivity contribution in [1.82, 2.24) is 15.3 Å². The quantitative estimate of drug-likeness (QED) is 0.577. The summed E-state index contributed by atoms with van der Waals surface area (Å²) in [6, 6.07) is 1.18. The summed E-state index contributed by atoms with van der Waals surface area (Å²) >= 11 is 0. The van der Waals surface area contributed by atoms with Crippen LogP contribution in [0.25, 0.3) is 0 Å². The molecule has 1 aromatic rings. The van der Waals surface area contributed by atoms with Gasteiger partial charge in [-0.3, -0.25) is 14.6 Å². The first-order chi connectivity index (χ1) is 8.03. The molecule has 0 unspecified atom stereocenters. The zero-order valence-electron chi connectivity index (χ0n) is 9.00. The number of carbonyl (C=O) groups is 1.